The lowest BCUT2D eigenvalue weighted by Crippen LogP contribution is -2.31. The zero-order valence-corrected chi connectivity index (χ0v) is 18.7. The number of rotatable bonds is 7. The maximum absolute atomic E-state index is 12.9. The summed E-state index contributed by atoms with van der Waals surface area (Å²) in [6.45, 7) is 6.95. The van der Waals surface area contributed by atoms with Crippen LogP contribution in [0.25, 0.3) is 0 Å². The number of sulfonamides is 1. The fourth-order valence-corrected chi connectivity index (χ4v) is 5.20. The van der Waals surface area contributed by atoms with Crippen molar-refractivity contribution < 1.29 is 22.7 Å². The van der Waals surface area contributed by atoms with Crippen LogP contribution in [0, 0.1) is 0 Å². The van der Waals surface area contributed by atoms with Crippen molar-refractivity contribution in [1.29, 1.82) is 0 Å². The molecule has 1 aliphatic rings. The minimum atomic E-state index is -3.79. The van der Waals surface area contributed by atoms with E-state index < -0.39 is 15.9 Å². The standard InChI is InChI=1S/C21H25ClN2O5S/c1-4-24(5-2)30(26,27)20-13-16(6-8-17(20)22)21(25)23-14(3)15-7-9-18-19(12-15)29-11-10-28-18/h6-9,12-14H,4-5,10-11H2,1-3H3,(H,23,25)/t14-/m1/s1. The average Bonchev–Trinajstić information content (AvgIpc) is 2.74. The summed E-state index contributed by atoms with van der Waals surface area (Å²) >= 11 is 6.15. The van der Waals surface area contributed by atoms with Crippen molar-refractivity contribution in [3.63, 3.8) is 0 Å². The number of nitrogens with one attached hydrogen (secondary N) is 1. The largest absolute Gasteiger partial charge is 0.486 e. The highest BCUT2D eigenvalue weighted by atomic mass is 35.5. The lowest BCUT2D eigenvalue weighted by molar-refractivity contribution is 0.0939. The van der Waals surface area contributed by atoms with Crippen LogP contribution >= 0.6 is 11.6 Å². The van der Waals surface area contributed by atoms with Crippen LogP contribution in [0.15, 0.2) is 41.3 Å². The number of amides is 1. The van der Waals surface area contributed by atoms with Crippen molar-refractivity contribution in [2.75, 3.05) is 26.3 Å². The van der Waals surface area contributed by atoms with Crippen molar-refractivity contribution in [3.05, 3.63) is 52.5 Å². The molecular formula is C21H25ClN2O5S. The smallest absolute Gasteiger partial charge is 0.251 e. The van der Waals surface area contributed by atoms with Crippen molar-refractivity contribution >= 4 is 27.5 Å². The fraction of sp³-hybridized carbons (Fsp3) is 0.381. The molecule has 0 unspecified atom stereocenters. The van der Waals surface area contributed by atoms with Gasteiger partial charge in [-0.3, -0.25) is 4.79 Å². The van der Waals surface area contributed by atoms with E-state index in [0.717, 1.165) is 5.56 Å². The Morgan fingerprint density at radius 2 is 1.77 bits per heavy atom. The minimum Gasteiger partial charge on any atom is -0.486 e. The van der Waals surface area contributed by atoms with Gasteiger partial charge in [-0.15, -0.1) is 0 Å². The summed E-state index contributed by atoms with van der Waals surface area (Å²) in [6, 6.07) is 9.43. The molecule has 2 aromatic carbocycles. The SMILES string of the molecule is CCN(CC)S(=O)(=O)c1cc(C(=O)N[C@H](C)c2ccc3c(c2)OCCO3)ccc1Cl. The lowest BCUT2D eigenvalue weighted by atomic mass is 10.1. The first-order valence-electron chi connectivity index (χ1n) is 9.78. The maximum Gasteiger partial charge on any atom is 0.251 e. The van der Waals surface area contributed by atoms with E-state index in [1.807, 2.05) is 25.1 Å². The molecule has 2 aromatic rings. The maximum atomic E-state index is 12.9. The van der Waals surface area contributed by atoms with Crippen LogP contribution in [-0.4, -0.2) is 44.9 Å². The lowest BCUT2D eigenvalue weighted by Gasteiger charge is -2.21. The summed E-state index contributed by atoms with van der Waals surface area (Å²) in [5, 5.41) is 2.97. The molecule has 0 aromatic heterocycles. The van der Waals surface area contributed by atoms with Crippen LogP contribution in [0.2, 0.25) is 5.02 Å². The number of carbonyl (C=O) groups excluding carboxylic acids is 1. The molecule has 9 heteroatoms. The first-order chi connectivity index (χ1) is 14.3. The molecule has 0 spiro atoms. The molecule has 3 rings (SSSR count). The van der Waals surface area contributed by atoms with E-state index in [9.17, 15) is 13.2 Å². The Morgan fingerprint density at radius 1 is 1.10 bits per heavy atom. The monoisotopic (exact) mass is 452 g/mol. The van der Waals surface area contributed by atoms with Crippen LogP contribution < -0.4 is 14.8 Å². The van der Waals surface area contributed by atoms with Crippen molar-refractivity contribution in [2.45, 2.75) is 31.7 Å². The molecular weight excluding hydrogens is 428 g/mol. The minimum absolute atomic E-state index is 0.0764. The number of benzene rings is 2. The Kier molecular flexibility index (Phi) is 6.90. The summed E-state index contributed by atoms with van der Waals surface area (Å²) in [5.41, 5.74) is 1.06. The number of ether oxygens (including phenoxy) is 2. The molecule has 0 saturated carbocycles. The molecule has 1 heterocycles. The molecule has 1 amide bonds. The van der Waals surface area contributed by atoms with Gasteiger partial charge in [0.2, 0.25) is 10.0 Å². The highest BCUT2D eigenvalue weighted by molar-refractivity contribution is 7.89. The molecule has 30 heavy (non-hydrogen) atoms. The zero-order valence-electron chi connectivity index (χ0n) is 17.1. The van der Waals surface area contributed by atoms with E-state index in [2.05, 4.69) is 5.32 Å². The van der Waals surface area contributed by atoms with Crippen LogP contribution in [0.4, 0.5) is 0 Å². The summed E-state index contributed by atoms with van der Waals surface area (Å²) < 4.78 is 38.1. The van der Waals surface area contributed by atoms with Crippen molar-refractivity contribution in [2.24, 2.45) is 0 Å². The van der Waals surface area contributed by atoms with Crippen LogP contribution in [0.3, 0.4) is 0 Å². The van der Waals surface area contributed by atoms with Crippen LogP contribution in [0.1, 0.15) is 42.7 Å². The van der Waals surface area contributed by atoms with Gasteiger partial charge < -0.3 is 14.8 Å². The van der Waals surface area contributed by atoms with E-state index in [4.69, 9.17) is 21.1 Å². The van der Waals surface area contributed by atoms with E-state index >= 15 is 0 Å². The Labute approximate surface area is 182 Å². The van der Waals surface area contributed by atoms with Crippen LogP contribution in [-0.2, 0) is 10.0 Å². The Hall–Kier alpha value is -2.29. The fourth-order valence-electron chi connectivity index (χ4n) is 3.24. The van der Waals surface area contributed by atoms with Crippen molar-refractivity contribution in [1.82, 2.24) is 9.62 Å². The number of carbonyl (C=O) groups is 1. The number of hydrogen-bond acceptors (Lipinski definition) is 5. The summed E-state index contributed by atoms with van der Waals surface area (Å²) in [4.78, 5) is 12.7. The highest BCUT2D eigenvalue weighted by Crippen LogP contribution is 2.33. The quantitative estimate of drug-likeness (QED) is 0.693. The second-order valence-electron chi connectivity index (χ2n) is 6.83. The van der Waals surface area contributed by atoms with E-state index in [-0.39, 0.29) is 21.5 Å². The molecule has 0 radical (unpaired) electrons. The highest BCUT2D eigenvalue weighted by Gasteiger charge is 2.26. The van der Waals surface area contributed by atoms with Gasteiger partial charge in [-0.05, 0) is 42.8 Å². The molecule has 1 atom stereocenters. The summed E-state index contributed by atoms with van der Waals surface area (Å²) in [5.74, 6) is 0.913. The van der Waals surface area contributed by atoms with Gasteiger partial charge in [-0.2, -0.15) is 4.31 Å². The van der Waals surface area contributed by atoms with Gasteiger partial charge in [0.05, 0.1) is 11.1 Å². The van der Waals surface area contributed by atoms with Gasteiger partial charge in [-0.25, -0.2) is 8.42 Å². The average molecular weight is 453 g/mol. The summed E-state index contributed by atoms with van der Waals surface area (Å²) in [6.07, 6.45) is 0. The van der Waals surface area contributed by atoms with Gasteiger partial charge >= 0.3 is 0 Å². The molecule has 162 valence electrons. The normalized spacial score (nSPS) is 14.4. The first kappa shape index (κ1) is 22.4. The Morgan fingerprint density at radius 3 is 2.43 bits per heavy atom. The second-order valence-corrected chi connectivity index (χ2v) is 9.15. The first-order valence-corrected chi connectivity index (χ1v) is 11.6. The predicted molar refractivity (Wildman–Crippen MR) is 115 cm³/mol. The Bertz CT molecular complexity index is 1040. The van der Waals surface area contributed by atoms with Crippen LogP contribution in [0.5, 0.6) is 11.5 Å². The topological polar surface area (TPSA) is 84.9 Å². The van der Waals surface area contributed by atoms with Gasteiger partial charge in [0.15, 0.2) is 11.5 Å². The molecule has 0 bridgehead atoms. The van der Waals surface area contributed by atoms with Gasteiger partial charge in [0, 0.05) is 18.7 Å². The number of halogens is 1. The summed E-state index contributed by atoms with van der Waals surface area (Å²) in [7, 11) is -3.79. The van der Waals surface area contributed by atoms with Gasteiger partial charge in [-0.1, -0.05) is 31.5 Å². The molecule has 1 N–H and O–H groups in total. The molecule has 0 aliphatic carbocycles. The number of hydrogen-bond donors (Lipinski definition) is 1. The Balaban J connectivity index is 1.82. The van der Waals surface area contributed by atoms with E-state index in [0.29, 0.717) is 37.8 Å². The van der Waals surface area contributed by atoms with Crippen molar-refractivity contribution in [3.8, 4) is 11.5 Å². The molecule has 1 aliphatic heterocycles. The predicted octanol–water partition coefficient (Wildman–Crippen LogP) is 3.63. The van der Waals surface area contributed by atoms with E-state index in [1.165, 1.54) is 22.5 Å². The second kappa shape index (κ2) is 9.24. The number of nitrogens with zero attached hydrogens (tertiary/aromatic N) is 1. The molecule has 0 fully saturated rings. The van der Waals surface area contributed by atoms with Gasteiger partial charge in [0.1, 0.15) is 18.1 Å². The number of fused-ring (bicyclic) bond motifs is 1. The third-order valence-electron chi connectivity index (χ3n) is 4.93. The van der Waals surface area contributed by atoms with Gasteiger partial charge in [0.25, 0.3) is 5.91 Å². The zero-order chi connectivity index (χ0) is 21.9. The third-order valence-corrected chi connectivity index (χ3v) is 7.46. The molecule has 0 saturated heterocycles. The molecule has 7 nitrogen and oxygen atoms in total. The van der Waals surface area contributed by atoms with E-state index in [1.54, 1.807) is 13.8 Å². The third kappa shape index (κ3) is 4.55.